The van der Waals surface area contributed by atoms with Gasteiger partial charge in [0.15, 0.2) is 0 Å². The number of rotatable bonds is 6. The Kier molecular flexibility index (Phi) is 5.41. The largest absolute Gasteiger partial charge is 0.481 e. The van der Waals surface area contributed by atoms with Gasteiger partial charge in [0.1, 0.15) is 0 Å². The van der Waals surface area contributed by atoms with Crippen molar-refractivity contribution in [2.45, 2.75) is 38.6 Å². The number of carbonyl (C=O) groups excluding carboxylic acids is 1. The summed E-state index contributed by atoms with van der Waals surface area (Å²) in [5.41, 5.74) is 0. The topological polar surface area (TPSA) is 60.9 Å². The van der Waals surface area contributed by atoms with E-state index in [0.29, 0.717) is 12.6 Å². The molecule has 0 saturated carbocycles. The predicted molar refractivity (Wildman–Crippen MR) is 64.8 cm³/mol. The lowest BCUT2D eigenvalue weighted by molar-refractivity contribution is -0.140. The van der Waals surface area contributed by atoms with E-state index in [0.717, 1.165) is 19.5 Å². The van der Waals surface area contributed by atoms with Crippen molar-refractivity contribution in [3.63, 3.8) is 0 Å². The van der Waals surface area contributed by atoms with Gasteiger partial charge < -0.3 is 10.0 Å². The van der Waals surface area contributed by atoms with Gasteiger partial charge in [-0.25, -0.2) is 0 Å². The summed E-state index contributed by atoms with van der Waals surface area (Å²) in [7, 11) is 1.76. The highest BCUT2D eigenvalue weighted by molar-refractivity contribution is 5.80. The summed E-state index contributed by atoms with van der Waals surface area (Å²) in [6, 6.07) is 0.443. The average Bonchev–Trinajstić information content (AvgIpc) is 2.72. The monoisotopic (exact) mass is 242 g/mol. The molecule has 0 radical (unpaired) electrons. The van der Waals surface area contributed by atoms with Gasteiger partial charge in [-0.2, -0.15) is 0 Å². The first-order valence-corrected chi connectivity index (χ1v) is 6.24. The normalized spacial score (nSPS) is 20.5. The highest BCUT2D eigenvalue weighted by Gasteiger charge is 2.25. The predicted octanol–water partition coefficient (Wildman–Crippen LogP) is 0.794. The summed E-state index contributed by atoms with van der Waals surface area (Å²) in [6.45, 7) is 4.97. The molecule has 1 aliphatic heterocycles. The van der Waals surface area contributed by atoms with E-state index in [1.807, 2.05) is 0 Å². The van der Waals surface area contributed by atoms with Crippen LogP contribution in [-0.4, -0.2) is 59.5 Å². The van der Waals surface area contributed by atoms with Gasteiger partial charge in [-0.1, -0.05) is 6.92 Å². The van der Waals surface area contributed by atoms with Crippen molar-refractivity contribution < 1.29 is 14.7 Å². The van der Waals surface area contributed by atoms with Crippen molar-refractivity contribution in [3.8, 4) is 0 Å². The van der Waals surface area contributed by atoms with E-state index in [9.17, 15) is 9.59 Å². The van der Waals surface area contributed by atoms with E-state index >= 15 is 0 Å². The Morgan fingerprint density at radius 3 is 2.71 bits per heavy atom. The molecular formula is C12H22N2O3. The van der Waals surface area contributed by atoms with E-state index in [1.165, 1.54) is 6.42 Å². The number of carbonyl (C=O) groups is 2. The number of aliphatic carboxylic acids is 1. The van der Waals surface area contributed by atoms with E-state index in [4.69, 9.17) is 5.11 Å². The van der Waals surface area contributed by atoms with Crippen molar-refractivity contribution in [1.82, 2.24) is 9.80 Å². The molecule has 0 aromatic rings. The van der Waals surface area contributed by atoms with Crippen LogP contribution < -0.4 is 0 Å². The highest BCUT2D eigenvalue weighted by Crippen LogP contribution is 2.17. The fraction of sp³-hybridized carbons (Fsp3) is 0.833. The molecule has 1 unspecified atom stereocenters. The maximum absolute atomic E-state index is 11.7. The average molecular weight is 242 g/mol. The van der Waals surface area contributed by atoms with Gasteiger partial charge in [-0.05, 0) is 25.9 Å². The van der Waals surface area contributed by atoms with Crippen LogP contribution in [0.15, 0.2) is 0 Å². The van der Waals surface area contributed by atoms with Crippen LogP contribution in [0.5, 0.6) is 0 Å². The lowest BCUT2D eigenvalue weighted by Crippen LogP contribution is -2.41. The van der Waals surface area contributed by atoms with Crippen LogP contribution in [0.2, 0.25) is 0 Å². The van der Waals surface area contributed by atoms with Crippen LogP contribution in [0, 0.1) is 0 Å². The van der Waals surface area contributed by atoms with Crippen molar-refractivity contribution in [2.24, 2.45) is 0 Å². The number of hydrogen-bond acceptors (Lipinski definition) is 3. The number of carboxylic acids is 1. The third-order valence-electron chi connectivity index (χ3n) is 3.37. The quantitative estimate of drug-likeness (QED) is 0.748. The van der Waals surface area contributed by atoms with Gasteiger partial charge in [-0.15, -0.1) is 0 Å². The first kappa shape index (κ1) is 14.0. The van der Waals surface area contributed by atoms with Gasteiger partial charge in [0.05, 0.1) is 6.42 Å². The Morgan fingerprint density at radius 2 is 2.12 bits per heavy atom. The molecule has 1 rings (SSSR count). The molecule has 1 aliphatic rings. The summed E-state index contributed by atoms with van der Waals surface area (Å²) < 4.78 is 0. The fourth-order valence-corrected chi connectivity index (χ4v) is 2.34. The van der Waals surface area contributed by atoms with E-state index in [1.54, 1.807) is 11.9 Å². The maximum Gasteiger partial charge on any atom is 0.303 e. The molecule has 0 aromatic heterocycles. The molecule has 1 N–H and O–H groups in total. The molecule has 17 heavy (non-hydrogen) atoms. The van der Waals surface area contributed by atoms with Crippen LogP contribution in [-0.2, 0) is 9.59 Å². The second kappa shape index (κ2) is 6.59. The standard InChI is InChI=1S/C12H22N2O3/c1-3-14-8-4-5-10(14)9-13(2)11(15)6-7-12(16)17/h10H,3-9H2,1-2H3,(H,16,17). The highest BCUT2D eigenvalue weighted by atomic mass is 16.4. The van der Waals surface area contributed by atoms with Crippen LogP contribution in [0.1, 0.15) is 32.6 Å². The van der Waals surface area contributed by atoms with Crippen LogP contribution in [0.4, 0.5) is 0 Å². The number of carboxylic acid groups (broad SMARTS) is 1. The first-order valence-electron chi connectivity index (χ1n) is 6.24. The van der Waals surface area contributed by atoms with Crippen LogP contribution in [0.3, 0.4) is 0 Å². The minimum Gasteiger partial charge on any atom is -0.481 e. The Labute approximate surface area is 102 Å². The minimum absolute atomic E-state index is 0.0737. The van der Waals surface area contributed by atoms with Gasteiger partial charge in [0, 0.05) is 26.1 Å². The van der Waals surface area contributed by atoms with Crippen molar-refractivity contribution in [2.75, 3.05) is 26.7 Å². The van der Waals surface area contributed by atoms with Crippen molar-refractivity contribution in [3.05, 3.63) is 0 Å². The van der Waals surface area contributed by atoms with Crippen molar-refractivity contribution >= 4 is 11.9 Å². The fourth-order valence-electron chi connectivity index (χ4n) is 2.34. The van der Waals surface area contributed by atoms with Crippen LogP contribution in [0.25, 0.3) is 0 Å². The number of likely N-dealkylation sites (tertiary alicyclic amines) is 1. The third-order valence-corrected chi connectivity index (χ3v) is 3.37. The third kappa shape index (κ3) is 4.34. The molecular weight excluding hydrogens is 220 g/mol. The number of likely N-dealkylation sites (N-methyl/N-ethyl adjacent to an activating group) is 2. The van der Waals surface area contributed by atoms with E-state index < -0.39 is 5.97 Å². The molecule has 0 aromatic carbocycles. The van der Waals surface area contributed by atoms with Crippen molar-refractivity contribution in [1.29, 1.82) is 0 Å². The Hall–Kier alpha value is -1.10. The summed E-state index contributed by atoms with van der Waals surface area (Å²) in [5, 5.41) is 8.53. The Bertz CT molecular complexity index is 281. The van der Waals surface area contributed by atoms with Gasteiger partial charge >= 0.3 is 5.97 Å². The second-order valence-corrected chi connectivity index (χ2v) is 4.59. The molecule has 1 amide bonds. The SMILES string of the molecule is CCN1CCCC1CN(C)C(=O)CCC(=O)O. The molecule has 1 saturated heterocycles. The summed E-state index contributed by atoms with van der Waals surface area (Å²) in [5.74, 6) is -0.988. The summed E-state index contributed by atoms with van der Waals surface area (Å²) in [6.07, 6.45) is 2.34. The number of hydrogen-bond donors (Lipinski definition) is 1. The lowest BCUT2D eigenvalue weighted by atomic mass is 10.2. The lowest BCUT2D eigenvalue weighted by Gasteiger charge is -2.27. The molecule has 0 aliphatic carbocycles. The van der Waals surface area contributed by atoms with E-state index in [-0.39, 0.29) is 18.7 Å². The number of nitrogens with zero attached hydrogens (tertiary/aromatic N) is 2. The first-order chi connectivity index (χ1) is 8.04. The smallest absolute Gasteiger partial charge is 0.303 e. The maximum atomic E-state index is 11.7. The summed E-state index contributed by atoms with van der Waals surface area (Å²) in [4.78, 5) is 26.1. The van der Waals surface area contributed by atoms with Crippen LogP contribution >= 0.6 is 0 Å². The molecule has 1 fully saturated rings. The molecule has 1 atom stereocenters. The molecule has 5 nitrogen and oxygen atoms in total. The molecule has 0 bridgehead atoms. The molecule has 5 heteroatoms. The Balaban J connectivity index is 2.34. The molecule has 98 valence electrons. The summed E-state index contributed by atoms with van der Waals surface area (Å²) >= 11 is 0. The zero-order valence-electron chi connectivity index (χ0n) is 10.7. The second-order valence-electron chi connectivity index (χ2n) is 4.59. The van der Waals surface area contributed by atoms with E-state index in [2.05, 4.69) is 11.8 Å². The Morgan fingerprint density at radius 1 is 1.41 bits per heavy atom. The molecule has 1 heterocycles. The zero-order valence-corrected chi connectivity index (χ0v) is 10.7. The number of amides is 1. The van der Waals surface area contributed by atoms with Gasteiger partial charge in [0.2, 0.25) is 5.91 Å². The van der Waals surface area contributed by atoms with Gasteiger partial charge in [-0.3, -0.25) is 14.5 Å². The minimum atomic E-state index is -0.914. The van der Waals surface area contributed by atoms with Gasteiger partial charge in [0.25, 0.3) is 0 Å². The zero-order chi connectivity index (χ0) is 12.8. The molecule has 0 spiro atoms.